The Bertz CT molecular complexity index is 789. The fourth-order valence-corrected chi connectivity index (χ4v) is 2.46. The van der Waals surface area contributed by atoms with E-state index in [-0.39, 0.29) is 5.69 Å². The van der Waals surface area contributed by atoms with Gasteiger partial charge in [-0.2, -0.15) is 0 Å². The fourth-order valence-electron chi connectivity index (χ4n) is 1.98. The normalized spacial score (nSPS) is 11.0. The third kappa shape index (κ3) is 1.64. The van der Waals surface area contributed by atoms with Gasteiger partial charge in [0.25, 0.3) is 0 Å². The van der Waals surface area contributed by atoms with Gasteiger partial charge in [-0.05, 0) is 24.3 Å². The van der Waals surface area contributed by atoms with Crippen molar-refractivity contribution in [2.45, 2.75) is 0 Å². The molecular formula is C13H8Cl2N2O. The number of aromatic nitrogens is 2. The van der Waals surface area contributed by atoms with Gasteiger partial charge in [-0.1, -0.05) is 41.4 Å². The van der Waals surface area contributed by atoms with E-state index < -0.39 is 0 Å². The summed E-state index contributed by atoms with van der Waals surface area (Å²) in [6.07, 6.45) is 0. The Hall–Kier alpha value is -1.71. The van der Waals surface area contributed by atoms with Crippen LogP contribution in [-0.2, 0) is 0 Å². The van der Waals surface area contributed by atoms with Gasteiger partial charge >= 0.3 is 5.69 Å². The lowest BCUT2D eigenvalue weighted by atomic mass is 10.3. The second-order valence-corrected chi connectivity index (χ2v) is 4.67. The van der Waals surface area contributed by atoms with E-state index in [4.69, 9.17) is 23.2 Å². The lowest BCUT2D eigenvalue weighted by Gasteiger charge is -2.06. The van der Waals surface area contributed by atoms with Gasteiger partial charge in [0.1, 0.15) is 0 Å². The summed E-state index contributed by atoms with van der Waals surface area (Å²) in [6, 6.07) is 12.5. The predicted molar refractivity (Wildman–Crippen MR) is 73.9 cm³/mol. The second-order valence-electron chi connectivity index (χ2n) is 3.85. The lowest BCUT2D eigenvalue weighted by Crippen LogP contribution is -2.14. The summed E-state index contributed by atoms with van der Waals surface area (Å²) in [5.41, 5.74) is 1.68. The zero-order valence-electron chi connectivity index (χ0n) is 9.15. The highest BCUT2D eigenvalue weighted by atomic mass is 35.5. The van der Waals surface area contributed by atoms with Gasteiger partial charge in [0.05, 0.1) is 26.8 Å². The van der Waals surface area contributed by atoms with E-state index in [1.165, 1.54) is 4.57 Å². The van der Waals surface area contributed by atoms with Crippen LogP contribution in [0.15, 0.2) is 47.3 Å². The number of halogens is 2. The molecule has 0 aliphatic heterocycles. The van der Waals surface area contributed by atoms with E-state index >= 15 is 0 Å². The Morgan fingerprint density at radius 1 is 0.944 bits per heavy atom. The standard InChI is InChI=1S/C13H8Cl2N2O/c14-8-4-1-2-7-11(8)17-12-9(15)5-3-6-10(12)16-13(17)18/h1-7H,(H,16,18). The molecule has 1 aromatic heterocycles. The summed E-state index contributed by atoms with van der Waals surface area (Å²) in [4.78, 5) is 14.8. The topological polar surface area (TPSA) is 37.8 Å². The smallest absolute Gasteiger partial charge is 0.305 e. The van der Waals surface area contributed by atoms with Crippen LogP contribution in [0.3, 0.4) is 0 Å². The van der Waals surface area contributed by atoms with Crippen LogP contribution in [0.4, 0.5) is 0 Å². The average molecular weight is 279 g/mol. The number of hydrogen-bond acceptors (Lipinski definition) is 1. The molecule has 0 bridgehead atoms. The molecule has 0 saturated heterocycles. The monoisotopic (exact) mass is 278 g/mol. The van der Waals surface area contributed by atoms with E-state index in [2.05, 4.69) is 4.98 Å². The highest BCUT2D eigenvalue weighted by Gasteiger charge is 2.13. The number of rotatable bonds is 1. The minimum Gasteiger partial charge on any atom is -0.305 e. The number of nitrogens with zero attached hydrogens (tertiary/aromatic N) is 1. The van der Waals surface area contributed by atoms with Crippen LogP contribution in [0.5, 0.6) is 0 Å². The van der Waals surface area contributed by atoms with Gasteiger partial charge < -0.3 is 4.98 Å². The molecule has 0 amide bonds. The number of nitrogens with one attached hydrogen (secondary N) is 1. The summed E-state index contributed by atoms with van der Waals surface area (Å²) in [7, 11) is 0. The van der Waals surface area contributed by atoms with Gasteiger partial charge in [0.15, 0.2) is 0 Å². The number of benzene rings is 2. The molecule has 0 spiro atoms. The van der Waals surface area contributed by atoms with Crippen LogP contribution in [0, 0.1) is 0 Å². The number of fused-ring (bicyclic) bond motifs is 1. The number of hydrogen-bond donors (Lipinski definition) is 1. The van der Waals surface area contributed by atoms with Crippen LogP contribution in [0.1, 0.15) is 0 Å². The number of para-hydroxylation sites is 2. The molecule has 0 unspecified atom stereocenters. The maximum atomic E-state index is 12.0. The van der Waals surface area contributed by atoms with Crippen molar-refractivity contribution in [2.75, 3.05) is 0 Å². The van der Waals surface area contributed by atoms with Crippen molar-refractivity contribution in [1.29, 1.82) is 0 Å². The summed E-state index contributed by atoms with van der Waals surface area (Å²) in [6.45, 7) is 0. The number of imidazole rings is 1. The van der Waals surface area contributed by atoms with E-state index in [0.717, 1.165) is 0 Å². The Morgan fingerprint density at radius 2 is 1.67 bits per heavy atom. The maximum Gasteiger partial charge on any atom is 0.331 e. The summed E-state index contributed by atoms with van der Waals surface area (Å²) >= 11 is 12.3. The molecule has 0 fully saturated rings. The fraction of sp³-hybridized carbons (Fsp3) is 0. The Kier molecular flexibility index (Phi) is 2.65. The van der Waals surface area contributed by atoms with Crippen LogP contribution in [0.25, 0.3) is 16.7 Å². The van der Waals surface area contributed by atoms with E-state index in [1.54, 1.807) is 30.3 Å². The van der Waals surface area contributed by atoms with Gasteiger partial charge in [0, 0.05) is 0 Å². The first kappa shape index (κ1) is 11.4. The molecule has 1 N–H and O–H groups in total. The summed E-state index contributed by atoms with van der Waals surface area (Å²) in [5, 5.41) is 1.01. The molecule has 3 aromatic rings. The molecular weight excluding hydrogens is 271 g/mol. The molecule has 1 heterocycles. The molecule has 0 aliphatic carbocycles. The molecule has 3 nitrogen and oxygen atoms in total. The lowest BCUT2D eigenvalue weighted by molar-refractivity contribution is 1.02. The van der Waals surface area contributed by atoms with E-state index in [9.17, 15) is 4.79 Å². The van der Waals surface area contributed by atoms with Crippen molar-refractivity contribution < 1.29 is 0 Å². The SMILES string of the molecule is O=c1[nH]c2cccc(Cl)c2n1-c1ccccc1Cl. The number of aromatic amines is 1. The zero-order chi connectivity index (χ0) is 12.7. The summed E-state index contributed by atoms with van der Waals surface area (Å²) in [5.74, 6) is 0. The first-order valence-corrected chi connectivity index (χ1v) is 6.08. The summed E-state index contributed by atoms with van der Waals surface area (Å²) < 4.78 is 1.49. The molecule has 18 heavy (non-hydrogen) atoms. The Balaban J connectivity index is 2.47. The zero-order valence-corrected chi connectivity index (χ0v) is 10.7. The highest BCUT2D eigenvalue weighted by Crippen LogP contribution is 2.26. The number of H-pyrrole nitrogens is 1. The van der Waals surface area contributed by atoms with Crippen molar-refractivity contribution >= 4 is 34.2 Å². The van der Waals surface area contributed by atoms with Crippen LogP contribution < -0.4 is 5.69 Å². The van der Waals surface area contributed by atoms with Crippen LogP contribution in [0.2, 0.25) is 10.0 Å². The van der Waals surface area contributed by atoms with Crippen molar-refractivity contribution in [3.05, 3.63) is 63.0 Å². The van der Waals surface area contributed by atoms with Gasteiger partial charge in [-0.3, -0.25) is 4.57 Å². The maximum absolute atomic E-state index is 12.0. The molecule has 0 saturated carbocycles. The highest BCUT2D eigenvalue weighted by molar-refractivity contribution is 6.35. The first-order chi connectivity index (χ1) is 8.68. The minimum absolute atomic E-state index is 0.258. The molecule has 90 valence electrons. The molecule has 0 atom stereocenters. The third-order valence-corrected chi connectivity index (χ3v) is 3.37. The van der Waals surface area contributed by atoms with E-state index in [0.29, 0.717) is 26.8 Å². The molecule has 5 heteroatoms. The first-order valence-electron chi connectivity index (χ1n) is 5.32. The molecule has 0 aliphatic rings. The predicted octanol–water partition coefficient (Wildman–Crippen LogP) is 3.63. The van der Waals surface area contributed by atoms with Crippen LogP contribution >= 0.6 is 23.2 Å². The molecule has 2 aromatic carbocycles. The largest absolute Gasteiger partial charge is 0.331 e. The Morgan fingerprint density at radius 3 is 2.44 bits per heavy atom. The quantitative estimate of drug-likeness (QED) is 0.725. The van der Waals surface area contributed by atoms with Gasteiger partial charge in [-0.25, -0.2) is 4.79 Å². The average Bonchev–Trinajstić information content (AvgIpc) is 2.68. The minimum atomic E-state index is -0.258. The van der Waals surface area contributed by atoms with E-state index in [1.807, 2.05) is 12.1 Å². The van der Waals surface area contributed by atoms with Crippen molar-refractivity contribution in [3.8, 4) is 5.69 Å². The van der Waals surface area contributed by atoms with Gasteiger partial charge in [-0.15, -0.1) is 0 Å². The molecule has 3 rings (SSSR count). The third-order valence-electron chi connectivity index (χ3n) is 2.75. The Labute approximate surface area is 113 Å². The van der Waals surface area contributed by atoms with Crippen molar-refractivity contribution in [1.82, 2.24) is 9.55 Å². The van der Waals surface area contributed by atoms with Crippen molar-refractivity contribution in [2.24, 2.45) is 0 Å². The van der Waals surface area contributed by atoms with Crippen molar-refractivity contribution in [3.63, 3.8) is 0 Å². The second kappa shape index (κ2) is 4.19. The molecule has 0 radical (unpaired) electrons. The van der Waals surface area contributed by atoms with Crippen LogP contribution in [-0.4, -0.2) is 9.55 Å². The van der Waals surface area contributed by atoms with Gasteiger partial charge in [0.2, 0.25) is 0 Å².